The van der Waals surface area contributed by atoms with Gasteiger partial charge in [-0.1, -0.05) is 81.3 Å². The van der Waals surface area contributed by atoms with Crippen molar-refractivity contribution in [3.8, 4) is 11.1 Å². The molecular weight excluding hydrogens is 416 g/mol. The number of aromatic amines is 1. The van der Waals surface area contributed by atoms with Crippen LogP contribution < -0.4 is 21.9 Å². The molecule has 1 amide bonds. The highest BCUT2D eigenvalue weighted by Gasteiger charge is 2.24. The number of hydrogen-bond acceptors (Lipinski definition) is 4. The Labute approximate surface area is 193 Å². The van der Waals surface area contributed by atoms with Crippen molar-refractivity contribution in [2.45, 2.75) is 52.5 Å². The van der Waals surface area contributed by atoms with E-state index in [0.29, 0.717) is 19.5 Å². The molecule has 0 fully saturated rings. The summed E-state index contributed by atoms with van der Waals surface area (Å²) in [4.78, 5) is 42.1. The Morgan fingerprint density at radius 1 is 0.939 bits per heavy atom. The Morgan fingerprint density at radius 2 is 1.58 bits per heavy atom. The lowest BCUT2D eigenvalue weighted by atomic mass is 10.0. The molecule has 0 atom stereocenters. The lowest BCUT2D eigenvalue weighted by Crippen LogP contribution is -2.42. The number of benzene rings is 2. The molecule has 0 unspecified atom stereocenters. The Hall–Kier alpha value is -3.61. The highest BCUT2D eigenvalue weighted by Crippen LogP contribution is 2.22. The van der Waals surface area contributed by atoms with Crippen LogP contribution in [-0.4, -0.2) is 22.0 Å². The molecule has 3 rings (SSSR count). The fourth-order valence-electron chi connectivity index (χ4n) is 3.77. The summed E-state index contributed by atoms with van der Waals surface area (Å²) in [6.07, 6.45) is 3.31. The zero-order chi connectivity index (χ0) is 23.8. The Bertz CT molecular complexity index is 1180. The second-order valence-corrected chi connectivity index (χ2v) is 8.14. The van der Waals surface area contributed by atoms with Crippen LogP contribution >= 0.6 is 0 Å². The summed E-state index contributed by atoms with van der Waals surface area (Å²) in [7, 11) is 0. The lowest BCUT2D eigenvalue weighted by molar-refractivity contribution is -0.118. The topological polar surface area (TPSA) is 101 Å². The number of nitrogen functional groups attached to an aromatic ring is 1. The van der Waals surface area contributed by atoms with Crippen LogP contribution in [0.4, 0.5) is 11.5 Å². The lowest BCUT2D eigenvalue weighted by Gasteiger charge is -2.24. The molecule has 7 nitrogen and oxygen atoms in total. The molecule has 1 aromatic heterocycles. The number of carbonyl (C=O) groups is 1. The van der Waals surface area contributed by atoms with Gasteiger partial charge in [0.25, 0.3) is 5.56 Å². The minimum Gasteiger partial charge on any atom is -0.383 e. The van der Waals surface area contributed by atoms with Gasteiger partial charge < -0.3 is 10.6 Å². The first-order valence-corrected chi connectivity index (χ1v) is 11.5. The molecule has 3 aromatic rings. The number of anilines is 2. The third-order valence-electron chi connectivity index (χ3n) is 5.67. The van der Waals surface area contributed by atoms with Gasteiger partial charge in [0.2, 0.25) is 5.91 Å². The number of nitrogens with one attached hydrogen (secondary N) is 1. The number of carbonyl (C=O) groups excluding carboxylic acids is 1. The highest BCUT2D eigenvalue weighted by molar-refractivity contribution is 5.96. The molecule has 0 saturated carbocycles. The maximum Gasteiger partial charge on any atom is 0.330 e. The molecule has 0 radical (unpaired) electrons. The number of unbranched alkanes of at least 4 members (excludes halogenated alkanes) is 2. The van der Waals surface area contributed by atoms with Crippen molar-refractivity contribution in [2.24, 2.45) is 0 Å². The second kappa shape index (κ2) is 11.3. The molecule has 0 spiro atoms. The predicted octanol–water partition coefficient (Wildman–Crippen LogP) is 3.96. The zero-order valence-electron chi connectivity index (χ0n) is 19.3. The molecule has 0 saturated heterocycles. The number of rotatable bonds is 10. The quantitative estimate of drug-likeness (QED) is 0.490. The van der Waals surface area contributed by atoms with Crippen LogP contribution in [0.3, 0.4) is 0 Å². The maximum atomic E-state index is 13.3. The van der Waals surface area contributed by atoms with Crippen molar-refractivity contribution < 1.29 is 4.79 Å². The van der Waals surface area contributed by atoms with Crippen molar-refractivity contribution in [1.82, 2.24) is 9.55 Å². The monoisotopic (exact) mass is 448 g/mol. The van der Waals surface area contributed by atoms with Gasteiger partial charge in [0.15, 0.2) is 5.69 Å². The third kappa shape index (κ3) is 5.80. The van der Waals surface area contributed by atoms with Crippen LogP contribution in [0.5, 0.6) is 0 Å². The van der Waals surface area contributed by atoms with Gasteiger partial charge in [-0.3, -0.25) is 19.1 Å². The first-order valence-electron chi connectivity index (χ1n) is 11.5. The molecule has 3 N–H and O–H groups in total. The van der Waals surface area contributed by atoms with E-state index in [1.54, 1.807) is 0 Å². The van der Waals surface area contributed by atoms with Crippen molar-refractivity contribution >= 4 is 17.4 Å². The number of nitrogens with zero attached hydrogens (tertiary/aromatic N) is 2. The van der Waals surface area contributed by atoms with E-state index < -0.39 is 11.2 Å². The van der Waals surface area contributed by atoms with E-state index in [4.69, 9.17) is 5.73 Å². The van der Waals surface area contributed by atoms with Gasteiger partial charge in [-0.05, 0) is 29.5 Å². The summed E-state index contributed by atoms with van der Waals surface area (Å²) in [5.41, 5.74) is 8.16. The molecule has 33 heavy (non-hydrogen) atoms. The van der Waals surface area contributed by atoms with E-state index in [1.807, 2.05) is 68.4 Å². The standard InChI is InChI=1S/C26H32N4O3/c1-3-5-16-29(23-24(27)30(17-6-4-2)26(33)28-25(23)32)22(31)18-19-12-14-21(15-13-19)20-10-8-7-9-11-20/h7-15H,3-6,16-18,27H2,1-2H3,(H,28,32,33). The average molecular weight is 449 g/mol. The van der Waals surface area contributed by atoms with Gasteiger partial charge in [-0.15, -0.1) is 0 Å². The van der Waals surface area contributed by atoms with Crippen LogP contribution in [0.2, 0.25) is 0 Å². The first-order chi connectivity index (χ1) is 16.0. The van der Waals surface area contributed by atoms with Crippen LogP contribution in [-0.2, 0) is 17.8 Å². The van der Waals surface area contributed by atoms with Crippen molar-refractivity contribution in [3.63, 3.8) is 0 Å². The summed E-state index contributed by atoms with van der Waals surface area (Å²) < 4.78 is 1.35. The van der Waals surface area contributed by atoms with Gasteiger partial charge in [-0.2, -0.15) is 0 Å². The van der Waals surface area contributed by atoms with Gasteiger partial charge >= 0.3 is 5.69 Å². The van der Waals surface area contributed by atoms with E-state index >= 15 is 0 Å². The van der Waals surface area contributed by atoms with Crippen molar-refractivity contribution in [2.75, 3.05) is 17.2 Å². The Morgan fingerprint density at radius 3 is 2.21 bits per heavy atom. The summed E-state index contributed by atoms with van der Waals surface area (Å²) in [5, 5.41) is 0. The fourth-order valence-corrected chi connectivity index (χ4v) is 3.77. The van der Waals surface area contributed by atoms with Crippen LogP contribution in [0.25, 0.3) is 11.1 Å². The van der Waals surface area contributed by atoms with Gasteiger partial charge in [0, 0.05) is 13.1 Å². The molecule has 0 bridgehead atoms. The average Bonchev–Trinajstić information content (AvgIpc) is 2.82. The number of nitrogens with two attached hydrogens (primary N) is 1. The molecule has 7 heteroatoms. The molecule has 174 valence electrons. The third-order valence-corrected chi connectivity index (χ3v) is 5.67. The van der Waals surface area contributed by atoms with Crippen LogP contribution in [0.15, 0.2) is 64.2 Å². The normalized spacial score (nSPS) is 10.8. The van der Waals surface area contributed by atoms with E-state index in [2.05, 4.69) is 4.98 Å². The van der Waals surface area contributed by atoms with Crippen LogP contribution in [0.1, 0.15) is 45.1 Å². The van der Waals surface area contributed by atoms with E-state index in [1.165, 1.54) is 9.47 Å². The Balaban J connectivity index is 1.89. The van der Waals surface area contributed by atoms with Crippen molar-refractivity contribution in [1.29, 1.82) is 0 Å². The SMILES string of the molecule is CCCCN(C(=O)Cc1ccc(-c2ccccc2)cc1)c1c(N)n(CCCC)c(=O)[nH]c1=O. The minimum atomic E-state index is -0.630. The predicted molar refractivity (Wildman–Crippen MR) is 133 cm³/mol. The van der Waals surface area contributed by atoms with Crippen molar-refractivity contribution in [3.05, 3.63) is 81.0 Å². The smallest absolute Gasteiger partial charge is 0.330 e. The maximum absolute atomic E-state index is 13.3. The number of hydrogen-bond donors (Lipinski definition) is 2. The number of H-pyrrole nitrogens is 1. The minimum absolute atomic E-state index is 0.0427. The van der Waals surface area contributed by atoms with E-state index in [9.17, 15) is 14.4 Å². The largest absolute Gasteiger partial charge is 0.383 e. The summed E-state index contributed by atoms with van der Waals surface area (Å²) in [5.74, 6) is -0.185. The molecular formula is C26H32N4O3. The highest BCUT2D eigenvalue weighted by atomic mass is 16.2. The van der Waals surface area contributed by atoms with Gasteiger partial charge in [0.05, 0.1) is 6.42 Å². The molecule has 1 heterocycles. The zero-order valence-corrected chi connectivity index (χ0v) is 19.3. The summed E-state index contributed by atoms with van der Waals surface area (Å²) in [6.45, 7) is 4.77. The molecule has 0 aliphatic rings. The summed E-state index contributed by atoms with van der Waals surface area (Å²) >= 11 is 0. The fraction of sp³-hybridized carbons (Fsp3) is 0.346. The van der Waals surface area contributed by atoms with Crippen LogP contribution in [0, 0.1) is 0 Å². The van der Waals surface area contributed by atoms with E-state index in [0.717, 1.165) is 36.0 Å². The number of amides is 1. The molecule has 0 aliphatic carbocycles. The summed E-state index contributed by atoms with van der Waals surface area (Å²) in [6, 6.07) is 17.8. The molecule has 2 aromatic carbocycles. The first kappa shape index (κ1) is 24.0. The van der Waals surface area contributed by atoms with E-state index in [-0.39, 0.29) is 23.8 Å². The Kier molecular flexibility index (Phi) is 8.24. The molecule has 0 aliphatic heterocycles. The van der Waals surface area contributed by atoms with Gasteiger partial charge in [-0.25, -0.2) is 4.79 Å². The number of aromatic nitrogens is 2. The van der Waals surface area contributed by atoms with Gasteiger partial charge in [0.1, 0.15) is 5.82 Å². The second-order valence-electron chi connectivity index (χ2n) is 8.14.